The van der Waals surface area contributed by atoms with Gasteiger partial charge in [0.2, 0.25) is 5.91 Å². The predicted octanol–water partition coefficient (Wildman–Crippen LogP) is 6.78. The van der Waals surface area contributed by atoms with E-state index in [9.17, 15) is 32.3 Å². The largest absolute Gasteiger partial charge is 0.494 e. The Kier molecular flexibility index (Phi) is 10.4. The SMILES string of the molecule is COc1cc2nn(C3CCN(CC4CC5(CCN(C(=O)c6ccc(Cl)c(N7CCC(=O)NC7=O)c6)CC5)C4)CC3)cc2cc1NC(=O)c1cccc(C(F)(F)F)n1. The second-order valence-corrected chi connectivity index (χ2v) is 16.0. The van der Waals surface area contributed by atoms with Crippen LogP contribution in [0.15, 0.2) is 54.7 Å². The van der Waals surface area contributed by atoms with E-state index in [1.54, 1.807) is 30.3 Å². The Hall–Kier alpha value is -5.22. The zero-order valence-corrected chi connectivity index (χ0v) is 32.0. The number of methoxy groups -OCH3 is 1. The van der Waals surface area contributed by atoms with E-state index in [2.05, 4.69) is 20.5 Å². The molecule has 13 nitrogen and oxygen atoms in total. The molecule has 8 rings (SSSR count). The van der Waals surface area contributed by atoms with E-state index in [1.165, 1.54) is 18.1 Å². The van der Waals surface area contributed by atoms with Crippen LogP contribution in [-0.2, 0) is 11.0 Å². The monoisotopic (exact) mass is 806 g/mol. The summed E-state index contributed by atoms with van der Waals surface area (Å²) in [6.07, 6.45) is 3.50. The molecule has 300 valence electrons. The van der Waals surface area contributed by atoms with Crippen LogP contribution in [-0.4, -0.2) is 94.7 Å². The van der Waals surface area contributed by atoms with Crippen molar-refractivity contribution in [1.29, 1.82) is 0 Å². The number of anilines is 2. The summed E-state index contributed by atoms with van der Waals surface area (Å²) < 4.78 is 46.9. The van der Waals surface area contributed by atoms with Crippen molar-refractivity contribution < 1.29 is 37.1 Å². The van der Waals surface area contributed by atoms with Gasteiger partial charge in [-0.05, 0) is 86.3 Å². The third kappa shape index (κ3) is 8.02. The maximum absolute atomic E-state index is 13.5. The summed E-state index contributed by atoms with van der Waals surface area (Å²) in [5.41, 5.74) is 0.634. The van der Waals surface area contributed by atoms with Crippen molar-refractivity contribution in [2.45, 2.75) is 57.2 Å². The molecule has 2 aromatic heterocycles. The molecular weight excluding hydrogens is 765 g/mol. The number of likely N-dealkylation sites (tertiary alicyclic amines) is 2. The van der Waals surface area contributed by atoms with Gasteiger partial charge in [-0.3, -0.25) is 29.3 Å². The number of amides is 5. The molecule has 0 atom stereocenters. The van der Waals surface area contributed by atoms with Crippen molar-refractivity contribution in [3.8, 4) is 5.75 Å². The Morgan fingerprint density at radius 2 is 1.77 bits per heavy atom. The van der Waals surface area contributed by atoms with Crippen molar-refractivity contribution in [3.63, 3.8) is 0 Å². The standard InChI is InChI=1S/C40H42ClF3N8O5/c1-57-33-19-30-26(17-31(33)46-36(54)29-3-2-4-34(45-29)40(42,43)44)23-52(48-30)27-7-12-49(13-8-27)22-24-20-39(21-24)10-15-50(16-11-39)37(55)25-5-6-28(41)32(18-25)51-14-9-35(53)47-38(51)56/h2-6,17-19,23-24,27H,7-16,20-22H2,1H3,(H,46,54)(H,47,53,56). The lowest BCUT2D eigenvalue weighted by molar-refractivity contribution is -0.141. The van der Waals surface area contributed by atoms with Crippen molar-refractivity contribution in [2.75, 3.05) is 56.6 Å². The third-order valence-corrected chi connectivity index (χ3v) is 12.2. The van der Waals surface area contributed by atoms with Crippen molar-refractivity contribution in [3.05, 3.63) is 76.7 Å². The van der Waals surface area contributed by atoms with Gasteiger partial charge < -0.3 is 19.9 Å². The molecule has 4 fully saturated rings. The zero-order valence-electron chi connectivity index (χ0n) is 31.3. The average Bonchev–Trinajstić information content (AvgIpc) is 3.60. The molecule has 4 aliphatic rings. The smallest absolute Gasteiger partial charge is 0.433 e. The summed E-state index contributed by atoms with van der Waals surface area (Å²) in [4.78, 5) is 59.7. The molecule has 2 aromatic carbocycles. The van der Waals surface area contributed by atoms with Gasteiger partial charge in [0.1, 0.15) is 17.1 Å². The van der Waals surface area contributed by atoms with Gasteiger partial charge in [-0.1, -0.05) is 17.7 Å². The first-order valence-corrected chi connectivity index (χ1v) is 19.5. The molecule has 17 heteroatoms. The number of fused-ring (bicyclic) bond motifs is 1. The van der Waals surface area contributed by atoms with Crippen LogP contribution in [0.4, 0.5) is 29.3 Å². The van der Waals surface area contributed by atoms with Gasteiger partial charge in [0, 0.05) is 68.9 Å². The predicted molar refractivity (Wildman–Crippen MR) is 205 cm³/mol. The Balaban J connectivity index is 0.813. The van der Waals surface area contributed by atoms with Gasteiger partial charge in [-0.15, -0.1) is 0 Å². The van der Waals surface area contributed by atoms with Gasteiger partial charge in [-0.2, -0.15) is 18.3 Å². The molecule has 1 saturated carbocycles. The molecule has 1 aliphatic carbocycles. The average molecular weight is 807 g/mol. The van der Waals surface area contributed by atoms with E-state index >= 15 is 0 Å². The number of nitrogens with one attached hydrogen (secondary N) is 2. The van der Waals surface area contributed by atoms with E-state index in [1.807, 2.05) is 15.8 Å². The number of pyridine rings is 1. The first-order valence-electron chi connectivity index (χ1n) is 19.1. The summed E-state index contributed by atoms with van der Waals surface area (Å²) in [6, 6.07) is 11.2. The van der Waals surface area contributed by atoms with Crippen LogP contribution in [0.3, 0.4) is 0 Å². The number of hydrogen-bond acceptors (Lipinski definition) is 8. The Morgan fingerprint density at radius 3 is 2.47 bits per heavy atom. The fraction of sp³-hybridized carbons (Fsp3) is 0.450. The number of nitrogens with zero attached hydrogens (tertiary/aromatic N) is 6. The van der Waals surface area contributed by atoms with E-state index in [0.29, 0.717) is 52.2 Å². The Morgan fingerprint density at radius 1 is 1.02 bits per heavy atom. The number of piperidine rings is 2. The van der Waals surface area contributed by atoms with Crippen LogP contribution in [0.2, 0.25) is 5.02 Å². The molecule has 4 aromatic rings. The summed E-state index contributed by atoms with van der Waals surface area (Å²) in [6.45, 7) is 4.49. The van der Waals surface area contributed by atoms with Gasteiger partial charge in [-0.25, -0.2) is 9.78 Å². The fourth-order valence-electron chi connectivity index (χ4n) is 8.88. The molecular formula is C40H42ClF3N8O5. The number of aromatic nitrogens is 3. The van der Waals surface area contributed by atoms with Crippen LogP contribution in [0.25, 0.3) is 10.9 Å². The molecule has 0 bridgehead atoms. The quantitative estimate of drug-likeness (QED) is 0.199. The topological polar surface area (TPSA) is 142 Å². The van der Waals surface area contributed by atoms with E-state index < -0.39 is 23.8 Å². The lowest BCUT2D eigenvalue weighted by atomic mass is 9.57. The molecule has 57 heavy (non-hydrogen) atoms. The highest BCUT2D eigenvalue weighted by molar-refractivity contribution is 6.34. The number of hydrogen-bond donors (Lipinski definition) is 2. The molecule has 3 saturated heterocycles. The normalized spacial score (nSPS) is 19.5. The number of halogens is 4. The minimum Gasteiger partial charge on any atom is -0.494 e. The maximum Gasteiger partial charge on any atom is 0.433 e. The Labute approximate surface area is 331 Å². The number of carbonyl (C=O) groups is 4. The maximum atomic E-state index is 13.5. The number of ether oxygens (including phenoxy) is 1. The van der Waals surface area contributed by atoms with Gasteiger partial charge in [0.25, 0.3) is 11.8 Å². The highest BCUT2D eigenvalue weighted by Gasteiger charge is 2.47. The van der Waals surface area contributed by atoms with Crippen LogP contribution in [0, 0.1) is 11.3 Å². The number of carbonyl (C=O) groups excluding carboxylic acids is 4. The van der Waals surface area contributed by atoms with Crippen LogP contribution in [0.1, 0.15) is 77.5 Å². The molecule has 5 amide bonds. The molecule has 2 N–H and O–H groups in total. The number of urea groups is 1. The molecule has 3 aliphatic heterocycles. The number of alkyl halides is 3. The first-order chi connectivity index (χ1) is 27.3. The molecule has 1 spiro atoms. The fourth-order valence-corrected chi connectivity index (χ4v) is 9.10. The summed E-state index contributed by atoms with van der Waals surface area (Å²) in [5, 5.41) is 10.9. The number of imide groups is 1. The Bertz CT molecular complexity index is 2220. The van der Waals surface area contributed by atoms with Gasteiger partial charge in [0.05, 0.1) is 35.1 Å². The zero-order chi connectivity index (χ0) is 40.1. The molecule has 5 heterocycles. The first kappa shape index (κ1) is 38.6. The van der Waals surface area contributed by atoms with Crippen LogP contribution < -0.4 is 20.3 Å². The molecule has 0 radical (unpaired) electrons. The number of rotatable bonds is 8. The lowest BCUT2D eigenvalue weighted by Crippen LogP contribution is -2.51. The van der Waals surface area contributed by atoms with Crippen molar-refractivity contribution in [2.24, 2.45) is 11.3 Å². The van der Waals surface area contributed by atoms with Gasteiger partial charge >= 0.3 is 12.2 Å². The highest BCUT2D eigenvalue weighted by atomic mass is 35.5. The number of benzene rings is 2. The highest BCUT2D eigenvalue weighted by Crippen LogP contribution is 2.53. The van der Waals surface area contributed by atoms with Gasteiger partial charge in [0.15, 0.2) is 0 Å². The summed E-state index contributed by atoms with van der Waals surface area (Å²) in [5.74, 6) is -0.257. The van der Waals surface area contributed by atoms with Crippen molar-refractivity contribution in [1.82, 2.24) is 29.9 Å². The van der Waals surface area contributed by atoms with E-state index in [-0.39, 0.29) is 41.9 Å². The third-order valence-electron chi connectivity index (χ3n) is 11.9. The lowest BCUT2D eigenvalue weighted by Gasteiger charge is -2.53. The van der Waals surface area contributed by atoms with E-state index in [4.69, 9.17) is 21.4 Å². The second kappa shape index (κ2) is 15.3. The van der Waals surface area contributed by atoms with E-state index in [0.717, 1.165) is 75.7 Å². The summed E-state index contributed by atoms with van der Waals surface area (Å²) >= 11 is 6.40. The van der Waals surface area contributed by atoms with Crippen molar-refractivity contribution >= 4 is 57.6 Å². The van der Waals surface area contributed by atoms with Crippen LogP contribution >= 0.6 is 11.6 Å². The minimum atomic E-state index is -4.67. The molecule has 0 unspecified atom stereocenters. The minimum absolute atomic E-state index is 0.0852. The second-order valence-electron chi connectivity index (χ2n) is 15.6. The van der Waals surface area contributed by atoms with Crippen LogP contribution in [0.5, 0.6) is 5.75 Å². The summed E-state index contributed by atoms with van der Waals surface area (Å²) in [7, 11) is 1.45.